The number of fused-ring (bicyclic) bond motifs is 3. The van der Waals surface area contributed by atoms with Crippen LogP contribution in [-0.4, -0.2) is 74.1 Å². The number of ether oxygens (including phenoxy) is 2. The molecular weight excluding hydrogens is 542 g/mol. The Kier molecular flexibility index (Phi) is 7.74. The van der Waals surface area contributed by atoms with Gasteiger partial charge in [0.25, 0.3) is 0 Å². The summed E-state index contributed by atoms with van der Waals surface area (Å²) in [4.78, 5) is 14.0. The minimum Gasteiger partial charge on any atom is -0.488 e. The number of hydrogen-bond donors (Lipinski definition) is 1. The van der Waals surface area contributed by atoms with Gasteiger partial charge in [0.1, 0.15) is 24.2 Å². The molecule has 2 bridgehead atoms. The van der Waals surface area contributed by atoms with Gasteiger partial charge in [0, 0.05) is 61.3 Å². The van der Waals surface area contributed by atoms with Gasteiger partial charge in [-0.05, 0) is 37.1 Å². The van der Waals surface area contributed by atoms with Crippen LogP contribution in [0.2, 0.25) is 0 Å². The summed E-state index contributed by atoms with van der Waals surface area (Å²) in [6.07, 6.45) is 13.5. The second-order valence-electron chi connectivity index (χ2n) is 10.5. The van der Waals surface area contributed by atoms with Gasteiger partial charge in [-0.1, -0.05) is 12.0 Å². The molecule has 7 rings (SSSR count). The maximum Gasteiger partial charge on any atom is 0.212 e. The highest BCUT2D eigenvalue weighted by atomic mass is 35.5. The first-order valence-corrected chi connectivity index (χ1v) is 13.1. The molecule has 0 saturated carbocycles. The van der Waals surface area contributed by atoms with Crippen molar-refractivity contribution in [1.82, 2.24) is 24.5 Å². The van der Waals surface area contributed by atoms with Crippen molar-refractivity contribution in [3.8, 4) is 41.2 Å². The number of halogens is 1. The van der Waals surface area contributed by atoms with Crippen LogP contribution in [0.4, 0.5) is 5.82 Å². The minimum absolute atomic E-state index is 0. The lowest BCUT2D eigenvalue weighted by Gasteiger charge is -2.56. The van der Waals surface area contributed by atoms with E-state index >= 15 is 0 Å². The number of aliphatic hydroxyl groups is 1. The van der Waals surface area contributed by atoms with Crippen molar-refractivity contribution in [1.29, 1.82) is 5.26 Å². The predicted octanol–water partition coefficient (Wildman–Crippen LogP) is 3.32. The number of rotatable bonds is 8. The van der Waals surface area contributed by atoms with E-state index in [9.17, 15) is 10.4 Å². The van der Waals surface area contributed by atoms with Gasteiger partial charge in [0.2, 0.25) is 5.88 Å². The van der Waals surface area contributed by atoms with E-state index in [4.69, 9.17) is 20.9 Å². The topological polar surface area (TPSA) is 112 Å². The Hall–Kier alpha value is -4.35. The van der Waals surface area contributed by atoms with E-state index in [1.54, 1.807) is 17.8 Å². The zero-order valence-corrected chi connectivity index (χ0v) is 23.6. The number of hydrogen-bond acceptors (Lipinski definition) is 9. The molecule has 0 spiro atoms. The second-order valence-corrected chi connectivity index (χ2v) is 10.5. The van der Waals surface area contributed by atoms with E-state index in [2.05, 4.69) is 37.9 Å². The Morgan fingerprint density at radius 1 is 1.15 bits per heavy atom. The molecule has 0 aliphatic carbocycles. The Bertz CT molecular complexity index is 1610. The lowest BCUT2D eigenvalue weighted by molar-refractivity contribution is -0.00876. The SMILES string of the molecule is C#C[C@@](C)(O)COc1cc(-c2ccc(N3CC4CC(C3)N4Cc3ccc(OC)nc3)nc2)c2c(C#N)cnn2c1.Cl. The summed E-state index contributed by atoms with van der Waals surface area (Å²) in [6, 6.07) is 13.0. The van der Waals surface area contributed by atoms with E-state index in [0.717, 1.165) is 36.6 Å². The first-order chi connectivity index (χ1) is 19.4. The number of anilines is 1. The molecule has 3 atom stereocenters. The molecule has 41 heavy (non-hydrogen) atoms. The molecule has 3 aliphatic heterocycles. The fraction of sp³-hybridized carbons (Fsp3) is 0.333. The molecule has 3 aliphatic rings. The molecule has 4 aromatic rings. The molecule has 0 radical (unpaired) electrons. The van der Waals surface area contributed by atoms with Crippen LogP contribution >= 0.6 is 12.4 Å². The monoisotopic (exact) mass is 571 g/mol. The molecule has 0 amide bonds. The molecule has 3 fully saturated rings. The van der Waals surface area contributed by atoms with E-state index in [0.29, 0.717) is 34.8 Å². The minimum atomic E-state index is -1.41. The Morgan fingerprint density at radius 3 is 2.59 bits per heavy atom. The third-order valence-corrected chi connectivity index (χ3v) is 7.64. The maximum atomic E-state index is 10.2. The van der Waals surface area contributed by atoms with Crippen LogP contribution in [0, 0.1) is 23.7 Å². The summed E-state index contributed by atoms with van der Waals surface area (Å²) in [5.74, 6) is 4.33. The Morgan fingerprint density at radius 2 is 1.95 bits per heavy atom. The third kappa shape index (κ3) is 5.50. The standard InChI is InChI=1S/C30H29N7O3.ClH/c1-4-30(2,38)19-40-25-10-26(29-22(11-31)14-34-37(29)18-25)21-6-7-27(32-13-21)35-16-23-9-24(17-35)36(23)15-20-5-8-28(39-3)33-12-20;/h1,5-8,10,12-14,18,23-24,38H,9,15-17,19H2,2-3H3;1H/t23?,24?,30-;/m1./s1. The normalized spacial score (nSPS) is 19.3. The summed E-state index contributed by atoms with van der Waals surface area (Å²) in [5.41, 5.74) is 2.47. The predicted molar refractivity (Wildman–Crippen MR) is 156 cm³/mol. The molecule has 4 aromatic heterocycles. The van der Waals surface area contributed by atoms with Crippen molar-refractivity contribution >= 4 is 23.7 Å². The lowest BCUT2D eigenvalue weighted by Crippen LogP contribution is -2.68. The van der Waals surface area contributed by atoms with E-state index < -0.39 is 5.60 Å². The van der Waals surface area contributed by atoms with Gasteiger partial charge in [-0.15, -0.1) is 18.8 Å². The van der Waals surface area contributed by atoms with Crippen LogP contribution in [0.5, 0.6) is 11.6 Å². The van der Waals surface area contributed by atoms with E-state index in [1.165, 1.54) is 25.1 Å². The van der Waals surface area contributed by atoms with Crippen molar-refractivity contribution in [2.24, 2.45) is 0 Å². The first kappa shape index (κ1) is 28.2. The lowest BCUT2D eigenvalue weighted by atomic mass is 9.87. The number of pyridine rings is 3. The molecular formula is C30H30ClN7O3. The molecule has 7 heterocycles. The number of nitrogens with zero attached hydrogens (tertiary/aromatic N) is 7. The molecule has 1 N–H and O–H groups in total. The van der Waals surface area contributed by atoms with Gasteiger partial charge in [0.15, 0.2) is 5.60 Å². The highest BCUT2D eigenvalue weighted by molar-refractivity contribution is 5.85. The van der Waals surface area contributed by atoms with Crippen molar-refractivity contribution < 1.29 is 14.6 Å². The Balaban J connectivity index is 0.00000337. The number of piperidine rings is 1. The van der Waals surface area contributed by atoms with Crippen LogP contribution in [0.3, 0.4) is 0 Å². The fourth-order valence-electron chi connectivity index (χ4n) is 5.44. The average molecular weight is 572 g/mol. The molecule has 10 nitrogen and oxygen atoms in total. The van der Waals surface area contributed by atoms with Gasteiger partial charge >= 0.3 is 0 Å². The number of piperazine rings is 1. The third-order valence-electron chi connectivity index (χ3n) is 7.64. The van der Waals surface area contributed by atoms with Gasteiger partial charge in [0.05, 0.1) is 30.6 Å². The molecule has 3 saturated heterocycles. The molecule has 11 heteroatoms. The quantitative estimate of drug-likeness (QED) is 0.318. The molecule has 2 unspecified atom stereocenters. The van der Waals surface area contributed by atoms with Crippen LogP contribution in [0.25, 0.3) is 16.6 Å². The number of nitriles is 1. The summed E-state index contributed by atoms with van der Waals surface area (Å²) in [5, 5.41) is 24.1. The zero-order chi connectivity index (χ0) is 27.9. The van der Waals surface area contributed by atoms with Crippen molar-refractivity contribution in [2.45, 2.75) is 37.6 Å². The first-order valence-electron chi connectivity index (χ1n) is 13.1. The van der Waals surface area contributed by atoms with Gasteiger partial charge in [-0.2, -0.15) is 10.4 Å². The summed E-state index contributed by atoms with van der Waals surface area (Å²) >= 11 is 0. The number of terminal acetylenes is 1. The van der Waals surface area contributed by atoms with Gasteiger partial charge < -0.3 is 19.5 Å². The van der Waals surface area contributed by atoms with Crippen LogP contribution in [-0.2, 0) is 6.54 Å². The fourth-order valence-corrected chi connectivity index (χ4v) is 5.44. The number of methoxy groups -OCH3 is 1. The van der Waals surface area contributed by atoms with Crippen LogP contribution in [0.1, 0.15) is 24.5 Å². The van der Waals surface area contributed by atoms with Crippen molar-refractivity contribution in [3.63, 3.8) is 0 Å². The second kappa shape index (κ2) is 11.3. The smallest absolute Gasteiger partial charge is 0.212 e. The molecule has 0 aromatic carbocycles. The molecule has 210 valence electrons. The average Bonchev–Trinajstić information content (AvgIpc) is 3.42. The Labute approximate surface area is 244 Å². The zero-order valence-electron chi connectivity index (χ0n) is 22.8. The largest absolute Gasteiger partial charge is 0.488 e. The summed E-state index contributed by atoms with van der Waals surface area (Å²) in [7, 11) is 1.62. The van der Waals surface area contributed by atoms with E-state index in [1.807, 2.05) is 36.7 Å². The van der Waals surface area contributed by atoms with Gasteiger partial charge in [-0.25, -0.2) is 14.5 Å². The summed E-state index contributed by atoms with van der Waals surface area (Å²) in [6.45, 7) is 4.13. The summed E-state index contributed by atoms with van der Waals surface area (Å²) < 4.78 is 12.6. The van der Waals surface area contributed by atoms with Crippen molar-refractivity contribution in [3.05, 3.63) is 66.2 Å². The highest BCUT2D eigenvalue weighted by Crippen LogP contribution is 2.36. The van der Waals surface area contributed by atoms with Crippen molar-refractivity contribution in [2.75, 3.05) is 31.7 Å². The van der Waals surface area contributed by atoms with Crippen LogP contribution in [0.15, 0.2) is 55.1 Å². The van der Waals surface area contributed by atoms with Crippen LogP contribution < -0.4 is 14.4 Å². The van der Waals surface area contributed by atoms with Gasteiger partial charge in [-0.3, -0.25) is 4.90 Å². The number of aromatic nitrogens is 4. The van der Waals surface area contributed by atoms with E-state index in [-0.39, 0.29) is 19.0 Å². The maximum absolute atomic E-state index is 10.2. The highest BCUT2D eigenvalue weighted by Gasteiger charge is 2.44.